The van der Waals surface area contributed by atoms with E-state index in [-0.39, 0.29) is 5.56 Å². The minimum atomic E-state index is 0.000582. The molecule has 0 radical (unpaired) electrons. The SMILES string of the molecule is Cc1ccc(Cn2cnc3c(sc4nc(C)cc(C)c43)c2=O)cc1. The highest BCUT2D eigenvalue weighted by Crippen LogP contribution is 2.31. The van der Waals surface area contributed by atoms with Crippen LogP contribution in [0.1, 0.15) is 22.4 Å². The average Bonchev–Trinajstić information content (AvgIpc) is 2.91. The lowest BCUT2D eigenvalue weighted by molar-refractivity contribution is 0.750. The highest BCUT2D eigenvalue weighted by Gasteiger charge is 2.14. The Morgan fingerprint density at radius 2 is 1.88 bits per heavy atom. The maximum Gasteiger partial charge on any atom is 0.271 e. The van der Waals surface area contributed by atoms with Gasteiger partial charge < -0.3 is 0 Å². The summed E-state index contributed by atoms with van der Waals surface area (Å²) < 4.78 is 2.35. The summed E-state index contributed by atoms with van der Waals surface area (Å²) in [5.74, 6) is 0. The first-order valence-corrected chi connectivity index (χ1v) is 8.66. The fraction of sp³-hybridized carbons (Fsp3) is 0.211. The van der Waals surface area contributed by atoms with E-state index in [1.54, 1.807) is 10.9 Å². The molecule has 0 saturated heterocycles. The van der Waals surface area contributed by atoms with Crippen LogP contribution in [0.2, 0.25) is 0 Å². The number of rotatable bonds is 2. The quantitative estimate of drug-likeness (QED) is 0.557. The highest BCUT2D eigenvalue weighted by molar-refractivity contribution is 7.25. The zero-order valence-corrected chi connectivity index (χ0v) is 14.6. The Labute approximate surface area is 143 Å². The number of nitrogens with zero attached hydrogens (tertiary/aromatic N) is 3. The van der Waals surface area contributed by atoms with E-state index in [0.29, 0.717) is 11.2 Å². The molecule has 0 atom stereocenters. The lowest BCUT2D eigenvalue weighted by atomic mass is 10.1. The molecular weight excluding hydrogens is 318 g/mol. The summed E-state index contributed by atoms with van der Waals surface area (Å²) in [5.41, 5.74) is 5.15. The Morgan fingerprint density at radius 1 is 1.12 bits per heavy atom. The minimum absolute atomic E-state index is 0.000582. The van der Waals surface area contributed by atoms with Crippen molar-refractivity contribution in [3.8, 4) is 0 Å². The van der Waals surface area contributed by atoms with Gasteiger partial charge in [-0.05, 0) is 38.0 Å². The third-order valence-corrected chi connectivity index (χ3v) is 5.28. The van der Waals surface area contributed by atoms with E-state index < -0.39 is 0 Å². The molecule has 0 bridgehead atoms. The Balaban J connectivity index is 1.89. The third-order valence-electron chi connectivity index (χ3n) is 4.22. The van der Waals surface area contributed by atoms with Crippen molar-refractivity contribution in [2.24, 2.45) is 0 Å². The van der Waals surface area contributed by atoms with E-state index in [1.807, 2.05) is 32.0 Å². The van der Waals surface area contributed by atoms with E-state index in [1.165, 1.54) is 16.9 Å². The van der Waals surface area contributed by atoms with Crippen LogP contribution in [0.4, 0.5) is 0 Å². The number of thiophene rings is 1. The van der Waals surface area contributed by atoms with E-state index in [2.05, 4.69) is 29.0 Å². The third kappa shape index (κ3) is 2.41. The molecule has 0 aliphatic carbocycles. The minimum Gasteiger partial charge on any atom is -0.294 e. The number of hydrogen-bond acceptors (Lipinski definition) is 4. The van der Waals surface area contributed by atoms with Crippen LogP contribution in [0, 0.1) is 20.8 Å². The molecule has 4 nitrogen and oxygen atoms in total. The number of hydrogen-bond donors (Lipinski definition) is 0. The molecule has 5 heteroatoms. The van der Waals surface area contributed by atoms with E-state index >= 15 is 0 Å². The van der Waals surface area contributed by atoms with E-state index in [9.17, 15) is 4.79 Å². The van der Waals surface area contributed by atoms with Crippen molar-refractivity contribution in [2.75, 3.05) is 0 Å². The van der Waals surface area contributed by atoms with Crippen molar-refractivity contribution in [3.05, 3.63) is 69.4 Å². The Kier molecular flexibility index (Phi) is 3.46. The molecule has 1 aromatic carbocycles. The first-order valence-electron chi connectivity index (χ1n) is 7.84. The summed E-state index contributed by atoms with van der Waals surface area (Å²) in [6.45, 7) is 6.60. The second-order valence-electron chi connectivity index (χ2n) is 6.20. The van der Waals surface area contributed by atoms with Crippen LogP contribution in [0.15, 0.2) is 41.5 Å². The number of aromatic nitrogens is 3. The molecule has 0 N–H and O–H groups in total. The molecule has 0 unspecified atom stereocenters. The van der Waals surface area contributed by atoms with E-state index in [4.69, 9.17) is 0 Å². The Hall–Kier alpha value is -2.53. The normalized spacial score (nSPS) is 11.5. The summed E-state index contributed by atoms with van der Waals surface area (Å²) in [4.78, 5) is 22.9. The number of pyridine rings is 1. The van der Waals surface area contributed by atoms with Crippen molar-refractivity contribution in [2.45, 2.75) is 27.3 Å². The van der Waals surface area contributed by atoms with Gasteiger partial charge >= 0.3 is 0 Å². The summed E-state index contributed by atoms with van der Waals surface area (Å²) in [6, 6.07) is 10.2. The maximum absolute atomic E-state index is 12.9. The average molecular weight is 335 g/mol. The molecule has 0 saturated carbocycles. The molecule has 0 fully saturated rings. The predicted molar refractivity (Wildman–Crippen MR) is 98.9 cm³/mol. The van der Waals surface area contributed by atoms with Crippen molar-refractivity contribution in [1.82, 2.24) is 14.5 Å². The maximum atomic E-state index is 12.9. The van der Waals surface area contributed by atoms with Gasteiger partial charge in [0.05, 0.1) is 18.4 Å². The lowest BCUT2D eigenvalue weighted by Crippen LogP contribution is -2.20. The molecule has 4 aromatic rings. The number of benzene rings is 1. The zero-order chi connectivity index (χ0) is 16.8. The first kappa shape index (κ1) is 15.0. The molecule has 0 amide bonds. The molecule has 0 spiro atoms. The number of aryl methyl sites for hydroxylation is 3. The van der Waals surface area contributed by atoms with Crippen LogP contribution in [-0.2, 0) is 6.54 Å². The van der Waals surface area contributed by atoms with Crippen molar-refractivity contribution >= 4 is 31.8 Å². The van der Waals surface area contributed by atoms with Crippen molar-refractivity contribution < 1.29 is 0 Å². The van der Waals surface area contributed by atoms with Crippen molar-refractivity contribution in [3.63, 3.8) is 0 Å². The van der Waals surface area contributed by atoms with Crippen LogP contribution in [-0.4, -0.2) is 14.5 Å². The van der Waals surface area contributed by atoms with Gasteiger partial charge in [-0.3, -0.25) is 9.36 Å². The second-order valence-corrected chi connectivity index (χ2v) is 7.20. The van der Waals surface area contributed by atoms with Crippen LogP contribution in [0.25, 0.3) is 20.4 Å². The van der Waals surface area contributed by atoms with Gasteiger partial charge in [0, 0.05) is 11.1 Å². The fourth-order valence-electron chi connectivity index (χ4n) is 3.00. The molecule has 3 heterocycles. The van der Waals surface area contributed by atoms with Crippen LogP contribution in [0.3, 0.4) is 0 Å². The largest absolute Gasteiger partial charge is 0.294 e. The summed E-state index contributed by atoms with van der Waals surface area (Å²) in [5, 5.41) is 1.00. The molecule has 3 aromatic heterocycles. The summed E-state index contributed by atoms with van der Waals surface area (Å²) in [7, 11) is 0. The fourth-order valence-corrected chi connectivity index (χ4v) is 4.20. The van der Waals surface area contributed by atoms with Gasteiger partial charge in [-0.25, -0.2) is 9.97 Å². The van der Waals surface area contributed by atoms with Gasteiger partial charge in [0.2, 0.25) is 0 Å². The highest BCUT2D eigenvalue weighted by atomic mass is 32.1. The van der Waals surface area contributed by atoms with Crippen molar-refractivity contribution in [1.29, 1.82) is 0 Å². The second kappa shape index (κ2) is 5.53. The Bertz CT molecular complexity index is 1120. The molecule has 120 valence electrons. The molecule has 24 heavy (non-hydrogen) atoms. The predicted octanol–water partition coefficient (Wildman–Crippen LogP) is 3.98. The monoisotopic (exact) mass is 335 g/mol. The Morgan fingerprint density at radius 3 is 2.62 bits per heavy atom. The standard InChI is InChI=1S/C19H17N3OS/c1-11-4-6-14(7-5-11)9-22-10-20-16-15-12(2)8-13(3)21-18(15)24-17(16)19(22)23/h4-8,10H,9H2,1-3H3. The van der Waals surface area contributed by atoms with Gasteiger partial charge in [-0.15, -0.1) is 11.3 Å². The molecular formula is C19H17N3OS. The number of fused-ring (bicyclic) bond motifs is 3. The lowest BCUT2D eigenvalue weighted by Gasteiger charge is -2.06. The van der Waals surface area contributed by atoms with Gasteiger partial charge in [-0.1, -0.05) is 29.8 Å². The summed E-state index contributed by atoms with van der Waals surface area (Å²) in [6.07, 6.45) is 1.65. The van der Waals surface area contributed by atoms with Crippen LogP contribution in [0.5, 0.6) is 0 Å². The molecule has 0 aliphatic heterocycles. The first-order chi connectivity index (χ1) is 11.5. The van der Waals surface area contributed by atoms with Gasteiger partial charge in [0.1, 0.15) is 9.53 Å². The van der Waals surface area contributed by atoms with Gasteiger partial charge in [0.25, 0.3) is 5.56 Å². The summed E-state index contributed by atoms with van der Waals surface area (Å²) >= 11 is 1.44. The smallest absolute Gasteiger partial charge is 0.271 e. The van der Waals surface area contributed by atoms with E-state index in [0.717, 1.165) is 32.6 Å². The van der Waals surface area contributed by atoms with Gasteiger partial charge in [0.15, 0.2) is 0 Å². The van der Waals surface area contributed by atoms with Crippen LogP contribution < -0.4 is 5.56 Å². The molecule has 0 aliphatic rings. The van der Waals surface area contributed by atoms with Crippen LogP contribution >= 0.6 is 11.3 Å². The van der Waals surface area contributed by atoms with Gasteiger partial charge in [-0.2, -0.15) is 0 Å². The topological polar surface area (TPSA) is 47.8 Å². The molecule has 4 rings (SSSR count). The zero-order valence-electron chi connectivity index (χ0n) is 13.8.